The molecule has 6 nitrogen and oxygen atoms in total. The van der Waals surface area contributed by atoms with Crippen LogP contribution in [-0.2, 0) is 15.3 Å². The molecule has 1 N–H and O–H groups in total. The smallest absolute Gasteiger partial charge is 0.338 e. The number of rotatable bonds is 8. The van der Waals surface area contributed by atoms with E-state index in [0.29, 0.717) is 5.56 Å². The standard InChI is InChI=1S/C20H21N3O3S2/c1-13-22-16(10-27-13)11-28-17-7-3-14(4-8-17)19(25)26-9-18(24)23-20(2,12-21)15-5-6-15/h3-4,7-8,10,15H,5-6,9,11H2,1-2H3,(H,23,24). The van der Waals surface area contributed by atoms with Crippen LogP contribution in [0.1, 0.15) is 40.8 Å². The Morgan fingerprint density at radius 1 is 1.39 bits per heavy atom. The van der Waals surface area contributed by atoms with E-state index in [0.717, 1.165) is 34.2 Å². The highest BCUT2D eigenvalue weighted by Crippen LogP contribution is 2.39. The zero-order chi connectivity index (χ0) is 20.1. The Labute approximate surface area is 172 Å². The van der Waals surface area contributed by atoms with Gasteiger partial charge in [-0.15, -0.1) is 23.1 Å². The Hall–Kier alpha value is -2.37. The third-order valence-corrected chi connectivity index (χ3v) is 6.37. The minimum atomic E-state index is -0.891. The van der Waals surface area contributed by atoms with E-state index >= 15 is 0 Å². The third kappa shape index (κ3) is 5.33. The lowest BCUT2D eigenvalue weighted by Crippen LogP contribution is -2.48. The minimum Gasteiger partial charge on any atom is -0.452 e. The van der Waals surface area contributed by atoms with E-state index in [1.165, 1.54) is 0 Å². The molecule has 2 aromatic rings. The fourth-order valence-corrected chi connectivity index (χ4v) is 4.25. The van der Waals surface area contributed by atoms with Crippen molar-refractivity contribution in [2.24, 2.45) is 5.92 Å². The molecule has 0 spiro atoms. The summed E-state index contributed by atoms with van der Waals surface area (Å²) in [5, 5.41) is 15.0. The number of carbonyl (C=O) groups is 2. The molecule has 1 fully saturated rings. The molecule has 1 unspecified atom stereocenters. The molecule has 1 aromatic carbocycles. The van der Waals surface area contributed by atoms with Crippen LogP contribution in [0.4, 0.5) is 0 Å². The largest absolute Gasteiger partial charge is 0.452 e. The number of aryl methyl sites for hydroxylation is 1. The molecule has 146 valence electrons. The summed E-state index contributed by atoms with van der Waals surface area (Å²) in [6.07, 6.45) is 1.85. The number of nitriles is 1. The highest BCUT2D eigenvalue weighted by Gasteiger charge is 2.43. The average molecular weight is 416 g/mol. The first kappa shape index (κ1) is 20.4. The van der Waals surface area contributed by atoms with Crippen molar-refractivity contribution in [2.75, 3.05) is 6.61 Å². The van der Waals surface area contributed by atoms with Crippen molar-refractivity contribution in [2.45, 2.75) is 42.9 Å². The molecule has 3 rings (SSSR count). The highest BCUT2D eigenvalue weighted by molar-refractivity contribution is 7.98. The number of carbonyl (C=O) groups excluding carboxylic acids is 2. The molecule has 1 atom stereocenters. The Kier molecular flexibility index (Phi) is 6.37. The summed E-state index contributed by atoms with van der Waals surface area (Å²) in [6, 6.07) is 9.20. The summed E-state index contributed by atoms with van der Waals surface area (Å²) < 4.78 is 5.08. The van der Waals surface area contributed by atoms with Crippen LogP contribution in [0.5, 0.6) is 0 Å². The van der Waals surface area contributed by atoms with Gasteiger partial charge in [-0.1, -0.05) is 0 Å². The van der Waals surface area contributed by atoms with Crippen molar-refractivity contribution >= 4 is 35.0 Å². The summed E-state index contributed by atoms with van der Waals surface area (Å²) in [5.74, 6) is -0.0789. The maximum Gasteiger partial charge on any atom is 0.338 e. The summed E-state index contributed by atoms with van der Waals surface area (Å²) in [6.45, 7) is 3.28. The molecule has 8 heteroatoms. The molecule has 0 bridgehead atoms. The SMILES string of the molecule is Cc1nc(CSc2ccc(C(=O)OCC(=O)NC(C)(C#N)C3CC3)cc2)cs1. The zero-order valence-corrected chi connectivity index (χ0v) is 17.4. The lowest BCUT2D eigenvalue weighted by atomic mass is 9.98. The molecule has 28 heavy (non-hydrogen) atoms. The van der Waals surface area contributed by atoms with Gasteiger partial charge in [0.05, 0.1) is 22.3 Å². The predicted octanol–water partition coefficient (Wildman–Crippen LogP) is 3.71. The van der Waals surface area contributed by atoms with Crippen molar-refractivity contribution in [3.63, 3.8) is 0 Å². The molecule has 0 aliphatic heterocycles. The highest BCUT2D eigenvalue weighted by atomic mass is 32.2. The summed E-state index contributed by atoms with van der Waals surface area (Å²) in [5.41, 5.74) is 0.530. The Bertz CT molecular complexity index is 900. The van der Waals surface area contributed by atoms with Gasteiger partial charge in [-0.05, 0) is 56.9 Å². The van der Waals surface area contributed by atoms with Gasteiger partial charge in [0.25, 0.3) is 5.91 Å². The van der Waals surface area contributed by atoms with Crippen molar-refractivity contribution in [1.29, 1.82) is 5.26 Å². The first-order valence-corrected chi connectivity index (χ1v) is 10.8. The fraction of sp³-hybridized carbons (Fsp3) is 0.400. The second kappa shape index (κ2) is 8.76. The van der Waals surface area contributed by atoms with E-state index in [2.05, 4.69) is 16.4 Å². The van der Waals surface area contributed by atoms with Gasteiger partial charge in [0, 0.05) is 16.0 Å². The van der Waals surface area contributed by atoms with Crippen molar-refractivity contribution < 1.29 is 14.3 Å². The summed E-state index contributed by atoms with van der Waals surface area (Å²) >= 11 is 3.27. The van der Waals surface area contributed by atoms with Gasteiger partial charge in [-0.25, -0.2) is 9.78 Å². The van der Waals surface area contributed by atoms with E-state index < -0.39 is 24.0 Å². The maximum atomic E-state index is 12.1. The van der Waals surface area contributed by atoms with Crippen LogP contribution in [-0.4, -0.2) is 29.0 Å². The number of nitrogens with one attached hydrogen (secondary N) is 1. The van der Waals surface area contributed by atoms with Crippen LogP contribution >= 0.6 is 23.1 Å². The number of esters is 1. The van der Waals surface area contributed by atoms with Gasteiger partial charge in [-0.2, -0.15) is 5.26 Å². The van der Waals surface area contributed by atoms with Gasteiger partial charge in [-0.3, -0.25) is 4.79 Å². The van der Waals surface area contributed by atoms with Crippen LogP contribution in [0.2, 0.25) is 0 Å². The quantitative estimate of drug-likeness (QED) is 0.522. The van der Waals surface area contributed by atoms with Crippen LogP contribution in [0.25, 0.3) is 0 Å². The Balaban J connectivity index is 1.46. The van der Waals surface area contributed by atoms with Crippen LogP contribution in [0.15, 0.2) is 34.5 Å². The maximum absolute atomic E-state index is 12.1. The van der Waals surface area contributed by atoms with Gasteiger partial charge < -0.3 is 10.1 Å². The molecular weight excluding hydrogens is 394 g/mol. The summed E-state index contributed by atoms with van der Waals surface area (Å²) in [4.78, 5) is 29.6. The van der Waals surface area contributed by atoms with Crippen molar-refractivity contribution in [3.05, 3.63) is 45.9 Å². The number of hydrogen-bond donors (Lipinski definition) is 1. The lowest BCUT2D eigenvalue weighted by Gasteiger charge is -2.22. The van der Waals surface area contributed by atoms with Gasteiger partial charge >= 0.3 is 5.97 Å². The third-order valence-electron chi connectivity index (χ3n) is 4.50. The second-order valence-electron chi connectivity index (χ2n) is 6.88. The zero-order valence-electron chi connectivity index (χ0n) is 15.7. The molecule has 1 amide bonds. The van der Waals surface area contributed by atoms with Crippen molar-refractivity contribution in [3.8, 4) is 6.07 Å². The first-order chi connectivity index (χ1) is 13.4. The number of amides is 1. The first-order valence-electron chi connectivity index (χ1n) is 8.93. The molecule has 1 heterocycles. The summed E-state index contributed by atoms with van der Waals surface area (Å²) in [7, 11) is 0. The van der Waals surface area contributed by atoms with Gasteiger partial charge in [0.2, 0.25) is 0 Å². The molecule has 0 radical (unpaired) electrons. The van der Waals surface area contributed by atoms with Gasteiger partial charge in [0.15, 0.2) is 6.61 Å². The second-order valence-corrected chi connectivity index (χ2v) is 8.99. The van der Waals surface area contributed by atoms with Crippen LogP contribution in [0.3, 0.4) is 0 Å². The molecule has 1 saturated carbocycles. The van der Waals surface area contributed by atoms with E-state index in [1.54, 1.807) is 42.2 Å². The van der Waals surface area contributed by atoms with E-state index in [9.17, 15) is 14.9 Å². The number of ether oxygens (including phenoxy) is 1. The van der Waals surface area contributed by atoms with E-state index in [-0.39, 0.29) is 5.92 Å². The van der Waals surface area contributed by atoms with E-state index in [1.807, 2.05) is 24.4 Å². The van der Waals surface area contributed by atoms with Crippen LogP contribution in [0, 0.1) is 24.2 Å². The predicted molar refractivity (Wildman–Crippen MR) is 108 cm³/mol. The number of aromatic nitrogens is 1. The average Bonchev–Trinajstić information content (AvgIpc) is 3.47. The Morgan fingerprint density at radius 3 is 2.68 bits per heavy atom. The number of benzene rings is 1. The molecule has 1 aromatic heterocycles. The minimum absolute atomic E-state index is 0.176. The normalized spacial score (nSPS) is 15.3. The van der Waals surface area contributed by atoms with E-state index in [4.69, 9.17) is 4.74 Å². The number of hydrogen-bond acceptors (Lipinski definition) is 7. The van der Waals surface area contributed by atoms with Gasteiger partial charge in [0.1, 0.15) is 5.54 Å². The molecule has 1 aliphatic rings. The number of thiazole rings is 1. The monoisotopic (exact) mass is 415 g/mol. The number of thioether (sulfide) groups is 1. The van der Waals surface area contributed by atoms with Crippen molar-refractivity contribution in [1.82, 2.24) is 10.3 Å². The lowest BCUT2D eigenvalue weighted by molar-refractivity contribution is -0.125. The van der Waals surface area contributed by atoms with Crippen LogP contribution < -0.4 is 5.32 Å². The fourth-order valence-electron chi connectivity index (χ4n) is 2.74. The number of nitrogens with zero attached hydrogens (tertiary/aromatic N) is 2. The molecular formula is C20H21N3O3S2. The molecule has 0 saturated heterocycles. The topological polar surface area (TPSA) is 92.1 Å². The molecule has 1 aliphatic carbocycles. The Morgan fingerprint density at radius 2 is 2.11 bits per heavy atom.